The molecule has 1 fully saturated rings. The fourth-order valence-electron chi connectivity index (χ4n) is 1.12. The van der Waals surface area contributed by atoms with E-state index in [1.165, 1.54) is 17.3 Å². The first-order valence-electron chi connectivity index (χ1n) is 4.32. The van der Waals surface area contributed by atoms with Crippen LogP contribution in [-0.4, -0.2) is 16.8 Å². The second-order valence-corrected chi connectivity index (χ2v) is 4.05. The smallest absolute Gasteiger partial charge is 0.236 e. The lowest BCUT2D eigenvalue weighted by atomic mass is 10.2. The maximum absolute atomic E-state index is 10.9. The number of rotatable bonds is 1. The first-order chi connectivity index (χ1) is 6.74. The van der Waals surface area contributed by atoms with E-state index in [2.05, 4.69) is 10.3 Å². The Morgan fingerprint density at radius 2 is 2.00 bits per heavy atom. The van der Waals surface area contributed by atoms with Gasteiger partial charge in [-0.25, -0.2) is 4.99 Å². The van der Waals surface area contributed by atoms with Gasteiger partial charge in [0, 0.05) is 0 Å². The Morgan fingerprint density at radius 3 is 2.53 bits per heavy atom. The molecule has 0 aliphatic carbocycles. The van der Waals surface area contributed by atoms with Crippen molar-refractivity contribution < 1.29 is 4.79 Å². The molecule has 0 spiro atoms. The number of aliphatic imine (C=N–C) groups is 1. The van der Waals surface area contributed by atoms with E-state index in [1.807, 2.05) is 31.2 Å². The van der Waals surface area contributed by atoms with Crippen molar-refractivity contribution in [3.8, 4) is 0 Å². The highest BCUT2D eigenvalue weighted by Crippen LogP contribution is 2.17. The standard InChI is InChI=1S/C10H10N2OS.ClH/c1-7-2-4-8(5-3-7)11-10-12-9(13)6-14-10;/h2-5H,6H2,1H3,(H,11,12,13);1H. The average Bonchev–Trinajstić information content (AvgIpc) is 2.56. The van der Waals surface area contributed by atoms with Crippen LogP contribution in [0.15, 0.2) is 29.3 Å². The molecule has 1 amide bonds. The Balaban J connectivity index is 0.00000112. The number of hydrogen-bond acceptors (Lipinski definition) is 3. The van der Waals surface area contributed by atoms with Crippen molar-refractivity contribution in [1.29, 1.82) is 0 Å². The molecule has 80 valence electrons. The maximum atomic E-state index is 10.9. The van der Waals surface area contributed by atoms with Gasteiger partial charge in [-0.05, 0) is 19.1 Å². The van der Waals surface area contributed by atoms with Gasteiger partial charge in [-0.3, -0.25) is 4.79 Å². The second-order valence-electron chi connectivity index (χ2n) is 3.09. The van der Waals surface area contributed by atoms with Crippen molar-refractivity contribution in [3.63, 3.8) is 0 Å². The minimum absolute atomic E-state index is 0. The van der Waals surface area contributed by atoms with Crippen LogP contribution >= 0.6 is 24.2 Å². The molecule has 0 atom stereocenters. The molecule has 0 aromatic heterocycles. The molecule has 15 heavy (non-hydrogen) atoms. The number of amides is 1. The van der Waals surface area contributed by atoms with Gasteiger partial charge in [0.1, 0.15) is 0 Å². The number of amidine groups is 1. The molecule has 5 heteroatoms. The van der Waals surface area contributed by atoms with Gasteiger partial charge in [-0.2, -0.15) is 0 Å². The Labute approximate surface area is 98.8 Å². The van der Waals surface area contributed by atoms with Gasteiger partial charge in [0.05, 0.1) is 11.4 Å². The molecular formula is C10H11ClN2OS. The lowest BCUT2D eigenvalue weighted by Gasteiger charge is -1.97. The number of carbonyl (C=O) groups excluding carboxylic acids is 1. The quantitative estimate of drug-likeness (QED) is 0.821. The number of nitrogens with one attached hydrogen (secondary N) is 1. The molecule has 1 aromatic carbocycles. The van der Waals surface area contributed by atoms with Crippen molar-refractivity contribution in [3.05, 3.63) is 29.8 Å². The summed E-state index contributed by atoms with van der Waals surface area (Å²) in [6.45, 7) is 2.03. The van der Waals surface area contributed by atoms with E-state index in [4.69, 9.17) is 0 Å². The summed E-state index contributed by atoms with van der Waals surface area (Å²) in [5.41, 5.74) is 2.08. The summed E-state index contributed by atoms with van der Waals surface area (Å²) >= 11 is 1.44. The summed E-state index contributed by atoms with van der Waals surface area (Å²) < 4.78 is 0. The summed E-state index contributed by atoms with van der Waals surface area (Å²) in [4.78, 5) is 15.2. The van der Waals surface area contributed by atoms with Crippen LogP contribution in [0.25, 0.3) is 0 Å². The highest BCUT2D eigenvalue weighted by atomic mass is 35.5. The average molecular weight is 243 g/mol. The van der Waals surface area contributed by atoms with E-state index < -0.39 is 0 Å². The third-order valence-electron chi connectivity index (χ3n) is 1.85. The van der Waals surface area contributed by atoms with Gasteiger partial charge in [-0.15, -0.1) is 12.4 Å². The van der Waals surface area contributed by atoms with Crippen LogP contribution in [0.3, 0.4) is 0 Å². The molecule has 1 saturated heterocycles. The normalized spacial score (nSPS) is 17.4. The number of carbonyl (C=O) groups is 1. The maximum Gasteiger partial charge on any atom is 0.236 e. The Kier molecular flexibility index (Phi) is 4.17. The molecule has 0 bridgehead atoms. The van der Waals surface area contributed by atoms with E-state index in [0.717, 1.165) is 5.69 Å². The zero-order chi connectivity index (χ0) is 9.97. The monoisotopic (exact) mass is 242 g/mol. The van der Waals surface area contributed by atoms with Crippen LogP contribution in [-0.2, 0) is 4.79 Å². The van der Waals surface area contributed by atoms with Crippen LogP contribution < -0.4 is 5.32 Å². The van der Waals surface area contributed by atoms with E-state index in [1.54, 1.807) is 0 Å². The van der Waals surface area contributed by atoms with Gasteiger partial charge in [0.2, 0.25) is 5.91 Å². The van der Waals surface area contributed by atoms with Crippen LogP contribution in [0, 0.1) is 6.92 Å². The molecule has 0 unspecified atom stereocenters. The number of aryl methyl sites for hydroxylation is 1. The number of benzene rings is 1. The fraction of sp³-hybridized carbons (Fsp3) is 0.200. The van der Waals surface area contributed by atoms with Gasteiger partial charge >= 0.3 is 0 Å². The topological polar surface area (TPSA) is 41.5 Å². The number of halogens is 1. The summed E-state index contributed by atoms with van der Waals surface area (Å²) in [6.07, 6.45) is 0. The van der Waals surface area contributed by atoms with Crippen LogP contribution in [0.4, 0.5) is 5.69 Å². The summed E-state index contributed by atoms with van der Waals surface area (Å²) in [5.74, 6) is 0.505. The van der Waals surface area contributed by atoms with Gasteiger partial charge < -0.3 is 5.32 Å². The van der Waals surface area contributed by atoms with Crippen molar-refractivity contribution >= 4 is 40.9 Å². The largest absolute Gasteiger partial charge is 0.304 e. The molecule has 1 N–H and O–H groups in total. The molecular weight excluding hydrogens is 232 g/mol. The zero-order valence-corrected chi connectivity index (χ0v) is 9.82. The van der Waals surface area contributed by atoms with E-state index in [-0.39, 0.29) is 18.3 Å². The zero-order valence-electron chi connectivity index (χ0n) is 8.19. The summed E-state index contributed by atoms with van der Waals surface area (Å²) in [7, 11) is 0. The summed E-state index contributed by atoms with van der Waals surface area (Å²) in [5, 5.41) is 3.38. The summed E-state index contributed by atoms with van der Waals surface area (Å²) in [6, 6.07) is 7.88. The van der Waals surface area contributed by atoms with Crippen molar-refractivity contribution in [2.75, 3.05) is 5.75 Å². The minimum Gasteiger partial charge on any atom is -0.304 e. The molecule has 1 aromatic rings. The molecule has 1 aliphatic rings. The molecule has 0 saturated carbocycles. The number of nitrogens with zero attached hydrogens (tertiary/aromatic N) is 1. The van der Waals surface area contributed by atoms with Crippen molar-refractivity contribution in [2.45, 2.75) is 6.92 Å². The fourth-order valence-corrected chi connectivity index (χ4v) is 1.82. The van der Waals surface area contributed by atoms with Crippen molar-refractivity contribution in [1.82, 2.24) is 5.32 Å². The molecule has 0 radical (unpaired) electrons. The highest BCUT2D eigenvalue weighted by molar-refractivity contribution is 8.15. The van der Waals surface area contributed by atoms with Crippen LogP contribution in [0.2, 0.25) is 0 Å². The first kappa shape index (κ1) is 12.1. The highest BCUT2D eigenvalue weighted by Gasteiger charge is 2.15. The second kappa shape index (κ2) is 5.19. The molecule has 1 heterocycles. The Morgan fingerprint density at radius 1 is 1.33 bits per heavy atom. The molecule has 3 nitrogen and oxygen atoms in total. The predicted molar refractivity (Wildman–Crippen MR) is 66.1 cm³/mol. The van der Waals surface area contributed by atoms with Gasteiger partial charge in [-0.1, -0.05) is 29.5 Å². The minimum atomic E-state index is 0. The molecule has 1 aliphatic heterocycles. The Bertz CT molecular complexity index is 389. The first-order valence-corrected chi connectivity index (χ1v) is 5.30. The lowest BCUT2D eigenvalue weighted by molar-refractivity contribution is -0.116. The van der Waals surface area contributed by atoms with Gasteiger partial charge in [0.15, 0.2) is 5.17 Å². The third kappa shape index (κ3) is 3.25. The van der Waals surface area contributed by atoms with Crippen LogP contribution in [0.1, 0.15) is 5.56 Å². The lowest BCUT2D eigenvalue weighted by Crippen LogP contribution is -2.19. The van der Waals surface area contributed by atoms with E-state index >= 15 is 0 Å². The van der Waals surface area contributed by atoms with E-state index in [9.17, 15) is 4.79 Å². The predicted octanol–water partition coefficient (Wildman–Crippen LogP) is 2.27. The van der Waals surface area contributed by atoms with Gasteiger partial charge in [0.25, 0.3) is 0 Å². The van der Waals surface area contributed by atoms with E-state index in [0.29, 0.717) is 10.9 Å². The van der Waals surface area contributed by atoms with Crippen LogP contribution in [0.5, 0.6) is 0 Å². The number of thioether (sulfide) groups is 1. The molecule has 2 rings (SSSR count). The van der Waals surface area contributed by atoms with Crippen molar-refractivity contribution in [2.24, 2.45) is 4.99 Å². The third-order valence-corrected chi connectivity index (χ3v) is 2.72. The SMILES string of the molecule is Cc1ccc(N=C2NC(=O)CS2)cc1.Cl. The Hall–Kier alpha value is -1.00. The number of hydrogen-bond donors (Lipinski definition) is 1.